The van der Waals surface area contributed by atoms with Crippen LogP contribution in [0.15, 0.2) is 152 Å². The molecule has 0 aliphatic heterocycles. The van der Waals surface area contributed by atoms with Gasteiger partial charge < -0.3 is 9.13 Å². The van der Waals surface area contributed by atoms with E-state index in [1.807, 2.05) is 60.7 Å². The van der Waals surface area contributed by atoms with Crippen LogP contribution in [-0.4, -0.2) is 9.13 Å². The zero-order chi connectivity index (χ0) is 33.8. The van der Waals surface area contributed by atoms with Gasteiger partial charge in [-0.15, -0.1) is 0 Å². The fraction of sp³-hybridized carbons (Fsp3) is 0. The van der Waals surface area contributed by atoms with E-state index in [-0.39, 0.29) is 0 Å². The SMILES string of the molecule is [C-]#[N+]c1cccc(-c2cccc(-c3cccc(-n4c5ccc(C#N)cc5c5ccc(C#N)cc54)c3)c2)c1-n1c2ccccc2c2ccccc21. The van der Waals surface area contributed by atoms with Crippen molar-refractivity contribution >= 4 is 49.3 Å². The average Bonchev–Trinajstić information content (AvgIpc) is 3.69. The molecule has 7 aromatic carbocycles. The largest absolute Gasteiger partial charge is 0.318 e. The van der Waals surface area contributed by atoms with Gasteiger partial charge in [0.2, 0.25) is 5.69 Å². The van der Waals surface area contributed by atoms with E-state index >= 15 is 0 Å². The third-order valence-corrected chi connectivity index (χ3v) is 9.57. The summed E-state index contributed by atoms with van der Waals surface area (Å²) >= 11 is 0. The lowest BCUT2D eigenvalue weighted by Gasteiger charge is -2.17. The van der Waals surface area contributed by atoms with Crippen LogP contribution in [0.1, 0.15) is 11.1 Å². The lowest BCUT2D eigenvalue weighted by Crippen LogP contribution is -1.98. The van der Waals surface area contributed by atoms with Crippen LogP contribution in [0.5, 0.6) is 0 Å². The summed E-state index contributed by atoms with van der Waals surface area (Å²) in [7, 11) is 0. The molecule has 0 fully saturated rings. The van der Waals surface area contributed by atoms with Crippen molar-refractivity contribution in [2.75, 3.05) is 0 Å². The molecule has 9 aromatic rings. The van der Waals surface area contributed by atoms with E-state index in [0.29, 0.717) is 16.8 Å². The van der Waals surface area contributed by atoms with Gasteiger partial charge in [0.1, 0.15) is 0 Å². The number of rotatable bonds is 4. The highest BCUT2D eigenvalue weighted by Gasteiger charge is 2.19. The summed E-state index contributed by atoms with van der Waals surface area (Å²) in [6.07, 6.45) is 0. The first kappa shape index (κ1) is 28.8. The van der Waals surface area contributed by atoms with Crippen molar-refractivity contribution in [3.63, 3.8) is 0 Å². The number of benzene rings is 7. The molecular formula is C45H25N5. The van der Waals surface area contributed by atoms with Gasteiger partial charge >= 0.3 is 0 Å². The van der Waals surface area contributed by atoms with Gasteiger partial charge in [-0.2, -0.15) is 10.5 Å². The molecule has 0 radical (unpaired) electrons. The van der Waals surface area contributed by atoms with E-state index < -0.39 is 0 Å². The first-order valence-electron chi connectivity index (χ1n) is 16.3. The number of fused-ring (bicyclic) bond motifs is 6. The average molecular weight is 636 g/mol. The minimum atomic E-state index is 0.576. The zero-order valence-corrected chi connectivity index (χ0v) is 26.7. The Balaban J connectivity index is 1.23. The lowest BCUT2D eigenvalue weighted by atomic mass is 9.97. The van der Waals surface area contributed by atoms with Gasteiger partial charge in [0.25, 0.3) is 0 Å². The summed E-state index contributed by atoms with van der Waals surface area (Å²) in [5.41, 5.74) is 11.6. The molecule has 2 aromatic heterocycles. The first-order chi connectivity index (χ1) is 24.7. The van der Waals surface area contributed by atoms with Crippen molar-refractivity contribution in [2.24, 2.45) is 0 Å². The Hall–Kier alpha value is -7.39. The smallest absolute Gasteiger partial charge is 0.211 e. The lowest BCUT2D eigenvalue weighted by molar-refractivity contribution is 1.18. The first-order valence-corrected chi connectivity index (χ1v) is 16.3. The number of nitriles is 2. The number of nitrogens with zero attached hydrogens (tertiary/aromatic N) is 5. The monoisotopic (exact) mass is 635 g/mol. The Morgan fingerprint density at radius 2 is 1.06 bits per heavy atom. The van der Waals surface area contributed by atoms with Gasteiger partial charge in [-0.1, -0.05) is 91.0 Å². The second-order valence-electron chi connectivity index (χ2n) is 12.3. The highest BCUT2D eigenvalue weighted by atomic mass is 15.0. The highest BCUT2D eigenvalue weighted by Crippen LogP contribution is 2.42. The Labute approximate surface area is 288 Å². The second-order valence-corrected chi connectivity index (χ2v) is 12.3. The number of hydrogen-bond donors (Lipinski definition) is 0. The summed E-state index contributed by atoms with van der Waals surface area (Å²) < 4.78 is 4.40. The summed E-state index contributed by atoms with van der Waals surface area (Å²) in [5, 5.41) is 23.6. The molecule has 0 aliphatic carbocycles. The van der Waals surface area contributed by atoms with Gasteiger partial charge in [-0.25, -0.2) is 4.85 Å². The molecule has 0 spiro atoms. The summed E-state index contributed by atoms with van der Waals surface area (Å²) in [6, 6.07) is 55.5. The Kier molecular flexibility index (Phi) is 6.56. The maximum absolute atomic E-state index is 9.73. The minimum Gasteiger partial charge on any atom is -0.318 e. The predicted molar refractivity (Wildman–Crippen MR) is 202 cm³/mol. The fourth-order valence-corrected chi connectivity index (χ4v) is 7.38. The fourth-order valence-electron chi connectivity index (χ4n) is 7.38. The molecule has 0 N–H and O–H groups in total. The van der Waals surface area contributed by atoms with Crippen molar-refractivity contribution < 1.29 is 0 Å². The molecule has 0 aliphatic rings. The van der Waals surface area contributed by atoms with Gasteiger partial charge in [0.15, 0.2) is 0 Å². The van der Waals surface area contributed by atoms with Crippen LogP contribution in [-0.2, 0) is 0 Å². The van der Waals surface area contributed by atoms with Crippen LogP contribution in [0.25, 0.3) is 82.1 Å². The maximum atomic E-state index is 9.73. The highest BCUT2D eigenvalue weighted by molar-refractivity contribution is 6.11. The summed E-state index contributed by atoms with van der Waals surface area (Å²) in [6.45, 7) is 8.17. The van der Waals surface area contributed by atoms with Gasteiger partial charge in [0, 0.05) is 27.2 Å². The molecule has 5 heteroatoms. The normalized spacial score (nSPS) is 11.1. The predicted octanol–water partition coefficient (Wildman–Crippen LogP) is 11.5. The Morgan fingerprint density at radius 1 is 0.460 bits per heavy atom. The number of aromatic nitrogens is 2. The number of hydrogen-bond acceptors (Lipinski definition) is 2. The molecule has 5 nitrogen and oxygen atoms in total. The minimum absolute atomic E-state index is 0.576. The van der Waals surface area contributed by atoms with Crippen molar-refractivity contribution in [3.05, 3.63) is 174 Å². The van der Waals surface area contributed by atoms with Crippen LogP contribution < -0.4 is 0 Å². The van der Waals surface area contributed by atoms with Crippen LogP contribution in [0, 0.1) is 29.2 Å². The topological polar surface area (TPSA) is 61.8 Å². The maximum Gasteiger partial charge on any atom is 0.211 e. The molecule has 2 heterocycles. The molecule has 0 saturated carbocycles. The summed E-state index contributed by atoms with van der Waals surface area (Å²) in [4.78, 5) is 4.01. The molecule has 9 rings (SSSR count). The van der Waals surface area contributed by atoms with E-state index in [1.165, 1.54) is 0 Å². The van der Waals surface area contributed by atoms with Gasteiger partial charge in [0.05, 0.1) is 57.6 Å². The van der Waals surface area contributed by atoms with Crippen LogP contribution in [0.3, 0.4) is 0 Å². The van der Waals surface area contributed by atoms with Crippen LogP contribution in [0.2, 0.25) is 0 Å². The molecule has 0 bridgehead atoms. The van der Waals surface area contributed by atoms with E-state index in [0.717, 1.165) is 77.2 Å². The molecule has 230 valence electrons. The van der Waals surface area contributed by atoms with E-state index in [1.54, 1.807) is 0 Å². The standard InChI is InChI=1S/C45H25N5/c1-48-40-16-8-15-35(45(40)50-41-17-4-2-13-36(41)37-14-3-5-18-42(37)50)33-11-6-9-31(25-33)32-10-7-12-34(26-32)49-43-22-20-29(27-46)23-39(43)38-21-19-30(28-47)24-44(38)49/h2-26H. The molecule has 50 heavy (non-hydrogen) atoms. The van der Waals surface area contributed by atoms with Crippen LogP contribution in [0.4, 0.5) is 5.69 Å². The Bertz CT molecular complexity index is 2920. The van der Waals surface area contributed by atoms with Crippen molar-refractivity contribution in [2.45, 2.75) is 0 Å². The Morgan fingerprint density at radius 3 is 1.80 bits per heavy atom. The van der Waals surface area contributed by atoms with Gasteiger partial charge in [-0.05, 0) is 82.9 Å². The third-order valence-electron chi connectivity index (χ3n) is 9.57. The van der Waals surface area contributed by atoms with Gasteiger partial charge in [-0.3, -0.25) is 0 Å². The molecule has 0 amide bonds. The summed E-state index contributed by atoms with van der Waals surface area (Å²) in [5.74, 6) is 0. The second kappa shape index (κ2) is 11.4. The molecule has 0 atom stereocenters. The molecular weight excluding hydrogens is 611 g/mol. The van der Waals surface area contributed by atoms with Crippen molar-refractivity contribution in [1.82, 2.24) is 9.13 Å². The number of para-hydroxylation sites is 3. The van der Waals surface area contributed by atoms with Crippen molar-refractivity contribution in [3.8, 4) is 45.8 Å². The van der Waals surface area contributed by atoms with E-state index in [2.05, 4.69) is 117 Å². The molecule has 0 saturated heterocycles. The zero-order valence-electron chi connectivity index (χ0n) is 26.7. The third kappa shape index (κ3) is 4.38. The van der Waals surface area contributed by atoms with Crippen molar-refractivity contribution in [1.29, 1.82) is 10.5 Å². The van der Waals surface area contributed by atoms with Crippen LogP contribution >= 0.6 is 0 Å². The molecule has 0 unspecified atom stereocenters. The quantitative estimate of drug-likeness (QED) is 0.181. The van der Waals surface area contributed by atoms with E-state index in [9.17, 15) is 10.5 Å². The van der Waals surface area contributed by atoms with E-state index in [4.69, 9.17) is 6.57 Å².